The first-order chi connectivity index (χ1) is 18.4. The molecule has 1 aromatic carbocycles. The minimum absolute atomic E-state index is 0.000389. The Labute approximate surface area is 231 Å². The van der Waals surface area contributed by atoms with Crippen molar-refractivity contribution in [3.05, 3.63) is 58.9 Å². The lowest BCUT2D eigenvalue weighted by Gasteiger charge is -2.42. The van der Waals surface area contributed by atoms with E-state index in [9.17, 15) is 23.9 Å². The summed E-state index contributed by atoms with van der Waals surface area (Å²) in [5, 5.41) is 14.7. The lowest BCUT2D eigenvalue weighted by atomic mass is 9.63. The average molecular weight is 545 g/mol. The van der Waals surface area contributed by atoms with Gasteiger partial charge in [-0.15, -0.1) is 0 Å². The Morgan fingerprint density at radius 3 is 2.23 bits per heavy atom. The second-order valence-corrected chi connectivity index (χ2v) is 10.9. The van der Waals surface area contributed by atoms with Crippen LogP contribution in [0.15, 0.2) is 47.6 Å². The molecule has 0 fully saturated rings. The molecule has 2 rings (SSSR count). The van der Waals surface area contributed by atoms with Gasteiger partial charge >= 0.3 is 0 Å². The van der Waals surface area contributed by atoms with Gasteiger partial charge in [0.25, 0.3) is 0 Å². The molecule has 0 saturated heterocycles. The number of aliphatic hydroxyl groups excluding tert-OH is 1. The average Bonchev–Trinajstić information content (AvgIpc) is 2.89. The summed E-state index contributed by atoms with van der Waals surface area (Å²) in [5.74, 6) is -2.63. The van der Waals surface area contributed by atoms with Crippen molar-refractivity contribution in [2.24, 2.45) is 28.7 Å². The molecular formula is C30H45FN4O4. The van der Waals surface area contributed by atoms with Crippen LogP contribution in [0.25, 0.3) is 0 Å². The number of nitrogens with two attached hydrogens (primary N) is 2. The predicted octanol–water partition coefficient (Wildman–Crippen LogP) is 2.84. The number of halogens is 1. The zero-order valence-electron chi connectivity index (χ0n) is 23.7. The minimum atomic E-state index is -1.58. The maximum atomic E-state index is 13.6. The molecule has 1 unspecified atom stereocenters. The molecule has 0 saturated carbocycles. The highest BCUT2D eigenvalue weighted by Gasteiger charge is 2.49. The molecule has 1 aromatic rings. The van der Waals surface area contributed by atoms with Crippen LogP contribution in [0.5, 0.6) is 0 Å². The van der Waals surface area contributed by atoms with E-state index in [1.165, 1.54) is 24.3 Å². The van der Waals surface area contributed by atoms with Crippen LogP contribution in [-0.4, -0.2) is 60.0 Å². The quantitative estimate of drug-likeness (QED) is 0.237. The summed E-state index contributed by atoms with van der Waals surface area (Å²) in [6.45, 7) is 10.00. The van der Waals surface area contributed by atoms with Crippen molar-refractivity contribution in [2.75, 3.05) is 26.2 Å². The van der Waals surface area contributed by atoms with Crippen LogP contribution >= 0.6 is 0 Å². The normalized spacial score (nSPS) is 18.7. The van der Waals surface area contributed by atoms with Crippen LogP contribution in [-0.2, 0) is 20.8 Å². The maximum Gasteiger partial charge on any atom is 0.249 e. The third-order valence-corrected chi connectivity index (χ3v) is 7.26. The number of nitrogens with one attached hydrogen (secondary N) is 1. The van der Waals surface area contributed by atoms with Crippen molar-refractivity contribution >= 4 is 17.7 Å². The third-order valence-electron chi connectivity index (χ3n) is 7.26. The number of nitrogens with zero attached hydrogens (tertiary/aromatic N) is 1. The first-order valence-corrected chi connectivity index (χ1v) is 13.9. The Bertz CT molecular complexity index is 1050. The van der Waals surface area contributed by atoms with Gasteiger partial charge in [0, 0.05) is 36.7 Å². The summed E-state index contributed by atoms with van der Waals surface area (Å²) < 4.78 is 13.6. The summed E-state index contributed by atoms with van der Waals surface area (Å²) in [6.07, 6.45) is 4.24. The van der Waals surface area contributed by atoms with Crippen LogP contribution in [0, 0.1) is 23.1 Å². The van der Waals surface area contributed by atoms with E-state index in [1.807, 2.05) is 13.8 Å². The molecule has 0 radical (unpaired) electrons. The summed E-state index contributed by atoms with van der Waals surface area (Å²) >= 11 is 0. The fourth-order valence-corrected chi connectivity index (χ4v) is 5.16. The molecule has 6 N–H and O–H groups in total. The van der Waals surface area contributed by atoms with E-state index >= 15 is 0 Å². The van der Waals surface area contributed by atoms with Crippen LogP contribution in [0.3, 0.4) is 0 Å². The zero-order valence-corrected chi connectivity index (χ0v) is 23.7. The SMILES string of the molecule is CCCN(CCC)C(=O)C1=CC(C(N)=O)=CC(C(N)=O)([C@H](Cc2ccc(F)cc2)[C@@H](O)CNCCC(C)C)C1. The largest absolute Gasteiger partial charge is 0.391 e. The zero-order chi connectivity index (χ0) is 29.2. The van der Waals surface area contributed by atoms with Crippen molar-refractivity contribution in [2.45, 2.75) is 65.9 Å². The predicted molar refractivity (Wildman–Crippen MR) is 151 cm³/mol. The molecule has 9 heteroatoms. The van der Waals surface area contributed by atoms with E-state index in [0.29, 0.717) is 31.1 Å². The molecule has 0 aliphatic heterocycles. The Balaban J connectivity index is 2.58. The van der Waals surface area contributed by atoms with Crippen molar-refractivity contribution < 1.29 is 23.9 Å². The summed E-state index contributed by atoms with van der Waals surface area (Å²) in [5.41, 5.74) is 11.1. The van der Waals surface area contributed by atoms with E-state index in [-0.39, 0.29) is 36.4 Å². The molecule has 0 bridgehead atoms. The number of carbonyl (C=O) groups excluding carboxylic acids is 3. The second-order valence-electron chi connectivity index (χ2n) is 10.9. The van der Waals surface area contributed by atoms with Gasteiger partial charge in [-0.2, -0.15) is 0 Å². The number of hydrogen-bond donors (Lipinski definition) is 4. The number of hydrogen-bond acceptors (Lipinski definition) is 5. The Morgan fingerprint density at radius 2 is 1.72 bits per heavy atom. The van der Waals surface area contributed by atoms with Gasteiger partial charge in [-0.05, 0) is 68.3 Å². The van der Waals surface area contributed by atoms with E-state index < -0.39 is 35.1 Å². The van der Waals surface area contributed by atoms with Crippen molar-refractivity contribution in [3.63, 3.8) is 0 Å². The highest BCUT2D eigenvalue weighted by molar-refractivity contribution is 6.03. The van der Waals surface area contributed by atoms with Crippen molar-refractivity contribution in [1.82, 2.24) is 10.2 Å². The Kier molecular flexibility index (Phi) is 12.3. The Morgan fingerprint density at radius 1 is 1.10 bits per heavy atom. The van der Waals surface area contributed by atoms with E-state index in [2.05, 4.69) is 19.2 Å². The number of benzene rings is 1. The Hall–Kier alpha value is -3.04. The molecule has 0 heterocycles. The number of aliphatic hydroxyl groups is 1. The number of carbonyl (C=O) groups is 3. The van der Waals surface area contributed by atoms with Gasteiger partial charge in [-0.3, -0.25) is 14.4 Å². The molecule has 39 heavy (non-hydrogen) atoms. The lowest BCUT2D eigenvalue weighted by molar-refractivity contribution is -0.132. The van der Waals surface area contributed by atoms with Crippen molar-refractivity contribution in [1.29, 1.82) is 0 Å². The first kappa shape index (κ1) is 32.2. The van der Waals surface area contributed by atoms with Crippen molar-refractivity contribution in [3.8, 4) is 0 Å². The fraction of sp³-hybridized carbons (Fsp3) is 0.567. The van der Waals surface area contributed by atoms with Gasteiger partial charge in [0.05, 0.1) is 11.5 Å². The smallest absolute Gasteiger partial charge is 0.249 e. The van der Waals surface area contributed by atoms with Gasteiger partial charge in [0.1, 0.15) is 5.82 Å². The molecule has 0 aromatic heterocycles. The molecule has 3 atom stereocenters. The topological polar surface area (TPSA) is 139 Å². The fourth-order valence-electron chi connectivity index (χ4n) is 5.16. The summed E-state index contributed by atoms with van der Waals surface area (Å²) in [7, 11) is 0. The van der Waals surface area contributed by atoms with Crippen LogP contribution in [0.1, 0.15) is 58.9 Å². The summed E-state index contributed by atoms with van der Waals surface area (Å²) in [6, 6.07) is 5.79. The molecule has 0 spiro atoms. The highest BCUT2D eigenvalue weighted by atomic mass is 19.1. The monoisotopic (exact) mass is 544 g/mol. The van der Waals surface area contributed by atoms with Crippen LogP contribution < -0.4 is 16.8 Å². The standard InChI is InChI=1S/C30H45FN4O4/c1-5-13-35(14-6-2)28(38)23-16-22(27(32)37)17-30(18-23,29(33)39)25(15-21-7-9-24(31)10-8-21)26(36)19-34-12-11-20(3)4/h7-10,16-17,20,25-26,34,36H,5-6,11-15,18-19H2,1-4H3,(H2,32,37)(H2,33,39)/t25-,26+,30?/m1/s1. The van der Waals surface area contributed by atoms with Gasteiger partial charge in [-0.25, -0.2) is 4.39 Å². The second kappa shape index (κ2) is 14.9. The number of amides is 3. The molecular weight excluding hydrogens is 499 g/mol. The van der Waals surface area contributed by atoms with E-state index in [1.54, 1.807) is 17.0 Å². The third kappa shape index (κ3) is 8.73. The molecule has 8 nitrogen and oxygen atoms in total. The number of rotatable bonds is 16. The van der Waals surface area contributed by atoms with E-state index in [4.69, 9.17) is 11.5 Å². The van der Waals surface area contributed by atoms with E-state index in [0.717, 1.165) is 19.3 Å². The maximum absolute atomic E-state index is 13.6. The molecule has 216 valence electrons. The van der Waals surface area contributed by atoms with Gasteiger partial charge in [-0.1, -0.05) is 45.9 Å². The van der Waals surface area contributed by atoms with Gasteiger partial charge < -0.3 is 26.8 Å². The van der Waals surface area contributed by atoms with Crippen LogP contribution in [0.2, 0.25) is 0 Å². The number of primary amides is 2. The first-order valence-electron chi connectivity index (χ1n) is 13.9. The lowest BCUT2D eigenvalue weighted by Crippen LogP contribution is -2.52. The molecule has 1 aliphatic rings. The molecule has 3 amide bonds. The molecule has 1 aliphatic carbocycles. The van der Waals surface area contributed by atoms with Gasteiger partial charge in [0.2, 0.25) is 17.7 Å². The van der Waals surface area contributed by atoms with Gasteiger partial charge in [0.15, 0.2) is 0 Å². The van der Waals surface area contributed by atoms with Crippen LogP contribution in [0.4, 0.5) is 4.39 Å². The minimum Gasteiger partial charge on any atom is -0.391 e. The summed E-state index contributed by atoms with van der Waals surface area (Å²) in [4.78, 5) is 41.1. The highest BCUT2D eigenvalue weighted by Crippen LogP contribution is 2.44.